The maximum atomic E-state index is 5.51. The number of nitrogens with two attached hydrogens (primary N) is 1. The zero-order valence-electron chi connectivity index (χ0n) is 6.49. The number of rotatable bonds is 0. The first-order valence-electron chi connectivity index (χ1n) is 3.47. The van der Waals surface area contributed by atoms with Crippen molar-refractivity contribution >= 4 is 54.5 Å². The van der Waals surface area contributed by atoms with Gasteiger partial charge in [0.25, 0.3) is 0 Å². The van der Waals surface area contributed by atoms with Crippen LogP contribution in [0.3, 0.4) is 0 Å². The maximum Gasteiger partial charge on any atom is 0 e. The van der Waals surface area contributed by atoms with E-state index in [2.05, 4.69) is 4.98 Å². The molecule has 0 saturated heterocycles. The van der Waals surface area contributed by atoms with Crippen LogP contribution < -0.4 is 5.73 Å². The molecule has 1 aromatic carbocycles. The Hall–Kier alpha value is 0.404. The molecule has 0 aliphatic carbocycles. The molecular formula is C9H10CaN2Ti. The second kappa shape index (κ2) is 5.99. The summed E-state index contributed by atoms with van der Waals surface area (Å²) in [6.07, 6.45) is 0. The number of hydrogen-bond donors (Lipinski definition) is 1. The maximum absolute atomic E-state index is 5.51. The van der Waals surface area contributed by atoms with Crippen molar-refractivity contribution in [3.05, 3.63) is 36.4 Å². The predicted molar refractivity (Wildman–Crippen MR) is 54.7 cm³/mol. The van der Waals surface area contributed by atoms with Gasteiger partial charge in [-0.3, -0.25) is 0 Å². The number of fused-ring (bicyclic) bond motifs is 1. The van der Waals surface area contributed by atoms with Crippen LogP contribution in [0.5, 0.6) is 0 Å². The fraction of sp³-hybridized carbons (Fsp3) is 0. The van der Waals surface area contributed by atoms with E-state index in [1.54, 1.807) is 0 Å². The Balaban J connectivity index is 0.000000720. The number of para-hydroxylation sites is 1. The molecule has 0 radical (unpaired) electrons. The van der Waals surface area contributed by atoms with Gasteiger partial charge in [-0.15, -0.1) is 0 Å². The molecule has 0 aliphatic rings. The molecule has 0 atom stereocenters. The Kier molecular flexibility index (Phi) is 6.18. The van der Waals surface area contributed by atoms with Gasteiger partial charge >= 0.3 is 37.7 Å². The van der Waals surface area contributed by atoms with Gasteiger partial charge in [0.05, 0.1) is 5.52 Å². The summed E-state index contributed by atoms with van der Waals surface area (Å²) < 4.78 is 0. The first-order valence-corrected chi connectivity index (χ1v) is 3.47. The minimum Gasteiger partial charge on any atom is 0 e. The van der Waals surface area contributed by atoms with E-state index in [0.717, 1.165) is 10.9 Å². The Labute approximate surface area is 122 Å². The van der Waals surface area contributed by atoms with Gasteiger partial charge in [0.2, 0.25) is 0 Å². The molecule has 2 N–H and O–H groups in total. The third kappa shape index (κ3) is 3.23. The summed E-state index contributed by atoms with van der Waals surface area (Å²) in [5.74, 6) is 0.573. The third-order valence-electron chi connectivity index (χ3n) is 1.62. The molecule has 1 aromatic heterocycles. The van der Waals surface area contributed by atoms with E-state index in [-0.39, 0.29) is 59.5 Å². The van der Waals surface area contributed by atoms with Crippen LogP contribution in [0.4, 0.5) is 5.82 Å². The molecule has 13 heavy (non-hydrogen) atoms. The first-order chi connectivity index (χ1) is 5.36. The zero-order valence-corrected chi connectivity index (χ0v) is 8.05. The van der Waals surface area contributed by atoms with Crippen LogP contribution in [0.2, 0.25) is 0 Å². The minimum atomic E-state index is 0. The molecule has 0 saturated carbocycles. The van der Waals surface area contributed by atoms with Crippen LogP contribution >= 0.6 is 0 Å². The van der Waals surface area contributed by atoms with Gasteiger partial charge in [-0.1, -0.05) is 18.2 Å². The average molecular weight is 234 g/mol. The summed E-state index contributed by atoms with van der Waals surface area (Å²) in [5, 5.41) is 1.13. The largest absolute Gasteiger partial charge is 0 e. The monoisotopic (exact) mass is 234 g/mol. The summed E-state index contributed by atoms with van der Waals surface area (Å²) in [4.78, 5) is 4.15. The van der Waals surface area contributed by atoms with Crippen LogP contribution in [-0.2, 0) is 21.7 Å². The second-order valence-corrected chi connectivity index (χ2v) is 2.43. The van der Waals surface area contributed by atoms with Crippen molar-refractivity contribution in [2.24, 2.45) is 0 Å². The smallest absolute Gasteiger partial charge is 0 e. The summed E-state index contributed by atoms with van der Waals surface area (Å²) in [6.45, 7) is 0. The van der Waals surface area contributed by atoms with E-state index in [4.69, 9.17) is 5.73 Å². The summed E-state index contributed by atoms with van der Waals surface area (Å²) >= 11 is 0. The van der Waals surface area contributed by atoms with Crippen molar-refractivity contribution in [3.63, 3.8) is 0 Å². The molecule has 0 amide bonds. The molecule has 4 heteroatoms. The van der Waals surface area contributed by atoms with Crippen LogP contribution in [0.1, 0.15) is 0 Å². The third-order valence-corrected chi connectivity index (χ3v) is 1.62. The number of nitrogen functional groups attached to an aromatic ring is 1. The summed E-state index contributed by atoms with van der Waals surface area (Å²) in [5.41, 5.74) is 6.46. The van der Waals surface area contributed by atoms with Crippen molar-refractivity contribution in [1.29, 1.82) is 0 Å². The summed E-state index contributed by atoms with van der Waals surface area (Å²) in [7, 11) is 0. The average Bonchev–Trinajstić information content (AvgIpc) is 2.04. The number of anilines is 1. The molecule has 1 heterocycles. The number of benzene rings is 1. The minimum absolute atomic E-state index is 0. The van der Waals surface area contributed by atoms with Gasteiger partial charge in [0.1, 0.15) is 5.82 Å². The molecule has 0 bridgehead atoms. The van der Waals surface area contributed by atoms with Crippen LogP contribution in [0.15, 0.2) is 36.4 Å². The number of hydrogen-bond acceptors (Lipinski definition) is 2. The molecule has 0 spiro atoms. The van der Waals surface area contributed by atoms with Gasteiger partial charge < -0.3 is 5.73 Å². The fourth-order valence-corrected chi connectivity index (χ4v) is 1.08. The van der Waals surface area contributed by atoms with E-state index in [1.807, 2.05) is 36.4 Å². The molecule has 62 valence electrons. The van der Waals surface area contributed by atoms with Crippen molar-refractivity contribution < 1.29 is 21.7 Å². The molecule has 2 nitrogen and oxygen atoms in total. The van der Waals surface area contributed by atoms with Gasteiger partial charge in [-0.25, -0.2) is 4.98 Å². The van der Waals surface area contributed by atoms with E-state index in [0.29, 0.717) is 5.82 Å². The van der Waals surface area contributed by atoms with Gasteiger partial charge in [0.15, 0.2) is 0 Å². The first kappa shape index (κ1) is 13.4. The van der Waals surface area contributed by atoms with E-state index < -0.39 is 0 Å². The molecule has 0 unspecified atom stereocenters. The normalized spacial score (nSPS) is 8.62. The molecule has 2 aromatic rings. The van der Waals surface area contributed by atoms with Gasteiger partial charge in [-0.05, 0) is 18.2 Å². The van der Waals surface area contributed by atoms with Gasteiger partial charge in [0, 0.05) is 27.1 Å². The molecular weight excluding hydrogens is 224 g/mol. The Morgan fingerprint density at radius 1 is 1.00 bits per heavy atom. The van der Waals surface area contributed by atoms with Crippen molar-refractivity contribution in [3.8, 4) is 0 Å². The fourth-order valence-electron chi connectivity index (χ4n) is 1.08. The molecule has 2 rings (SSSR count). The van der Waals surface area contributed by atoms with E-state index in [9.17, 15) is 0 Å². The Morgan fingerprint density at radius 2 is 1.69 bits per heavy atom. The van der Waals surface area contributed by atoms with Crippen molar-refractivity contribution in [1.82, 2.24) is 4.98 Å². The Bertz CT molecular complexity index is 392. The number of nitrogens with zero attached hydrogens (tertiary/aromatic N) is 1. The van der Waals surface area contributed by atoms with Crippen molar-refractivity contribution in [2.45, 2.75) is 0 Å². The van der Waals surface area contributed by atoms with E-state index in [1.165, 1.54) is 0 Å². The van der Waals surface area contributed by atoms with Crippen molar-refractivity contribution in [2.75, 3.05) is 5.73 Å². The zero-order chi connectivity index (χ0) is 7.68. The van der Waals surface area contributed by atoms with E-state index >= 15 is 0 Å². The second-order valence-electron chi connectivity index (χ2n) is 2.43. The number of pyridine rings is 1. The summed E-state index contributed by atoms with van der Waals surface area (Å²) in [6, 6.07) is 11.7. The van der Waals surface area contributed by atoms with Gasteiger partial charge in [-0.2, -0.15) is 0 Å². The molecule has 0 fully saturated rings. The Morgan fingerprint density at radius 3 is 2.46 bits per heavy atom. The van der Waals surface area contributed by atoms with Crippen LogP contribution in [0.25, 0.3) is 10.9 Å². The van der Waals surface area contributed by atoms with Crippen LogP contribution in [-0.4, -0.2) is 42.7 Å². The SMILES string of the molecule is Nc1ccc2ccccc2n1.[CaH2].[Ti]. The molecule has 0 aliphatic heterocycles. The standard InChI is InChI=1S/C9H8N2.Ca.Ti.2H/c10-9-6-5-7-3-1-2-4-8(7)11-9;;;;/h1-6H,(H2,10,11);;;;. The number of aromatic nitrogens is 1. The quantitative estimate of drug-likeness (QED) is 0.688. The predicted octanol–water partition coefficient (Wildman–Crippen LogP) is 0.898. The van der Waals surface area contributed by atoms with Crippen LogP contribution in [0, 0.1) is 0 Å². The topological polar surface area (TPSA) is 38.9 Å².